The molecule has 0 saturated carbocycles. The largest absolute Gasteiger partial charge is 0.507 e. The third-order valence-corrected chi connectivity index (χ3v) is 8.08. The van der Waals surface area contributed by atoms with Crippen molar-refractivity contribution in [1.82, 2.24) is 4.98 Å². The van der Waals surface area contributed by atoms with Crippen molar-refractivity contribution in [3.05, 3.63) is 42.6 Å². The quantitative estimate of drug-likeness (QED) is 0.201. The Morgan fingerprint density at radius 3 is 2.06 bits per heavy atom. The van der Waals surface area contributed by atoms with Crippen molar-refractivity contribution in [1.29, 1.82) is 0 Å². The molecular formula is C27H37NO3S. The number of hydrogen-bond donors (Lipinski definition) is 1. The van der Waals surface area contributed by atoms with Crippen molar-refractivity contribution in [2.45, 2.75) is 88.9 Å². The zero-order chi connectivity index (χ0) is 22.8. The van der Waals surface area contributed by atoms with E-state index >= 15 is 0 Å². The number of nitrogens with zero attached hydrogens (tertiary/aromatic N) is 1. The zero-order valence-electron chi connectivity index (χ0n) is 19.4. The number of phenols is 1. The number of benzene rings is 2. The molecule has 0 radical (unpaired) electrons. The third kappa shape index (κ3) is 6.68. The van der Waals surface area contributed by atoms with Gasteiger partial charge in [0.15, 0.2) is 9.84 Å². The molecule has 32 heavy (non-hydrogen) atoms. The van der Waals surface area contributed by atoms with Gasteiger partial charge in [-0.15, -0.1) is 0 Å². The number of aromatic hydroxyl groups is 1. The SMILES string of the molecule is CCCCCCCCCCCCCCS(=O)(=O)c1ccc2c(O)cc3cccnc3c2c1. The van der Waals surface area contributed by atoms with Gasteiger partial charge >= 0.3 is 0 Å². The second kappa shape index (κ2) is 12.2. The van der Waals surface area contributed by atoms with E-state index in [0.717, 1.165) is 18.2 Å². The molecule has 0 saturated heterocycles. The number of hydrogen-bond acceptors (Lipinski definition) is 4. The maximum absolute atomic E-state index is 12.9. The monoisotopic (exact) mass is 455 g/mol. The van der Waals surface area contributed by atoms with Gasteiger partial charge in [-0.05, 0) is 36.8 Å². The molecule has 0 aliphatic carbocycles. The van der Waals surface area contributed by atoms with Gasteiger partial charge in [-0.2, -0.15) is 0 Å². The van der Waals surface area contributed by atoms with Gasteiger partial charge in [0.05, 0.1) is 16.2 Å². The summed E-state index contributed by atoms with van der Waals surface area (Å²) in [6.45, 7) is 2.25. The van der Waals surface area contributed by atoms with E-state index in [4.69, 9.17) is 0 Å². The lowest BCUT2D eigenvalue weighted by Gasteiger charge is -2.09. The van der Waals surface area contributed by atoms with Crippen LogP contribution in [-0.2, 0) is 9.84 Å². The second-order valence-electron chi connectivity index (χ2n) is 8.89. The van der Waals surface area contributed by atoms with Gasteiger partial charge < -0.3 is 5.11 Å². The molecule has 0 fully saturated rings. The highest BCUT2D eigenvalue weighted by Crippen LogP contribution is 2.33. The molecule has 1 aromatic heterocycles. The average Bonchev–Trinajstić information content (AvgIpc) is 2.79. The number of aromatic nitrogens is 1. The smallest absolute Gasteiger partial charge is 0.178 e. The molecular weight excluding hydrogens is 418 g/mol. The lowest BCUT2D eigenvalue weighted by molar-refractivity contribution is 0.482. The van der Waals surface area contributed by atoms with Crippen LogP contribution in [0.4, 0.5) is 0 Å². The van der Waals surface area contributed by atoms with Crippen LogP contribution < -0.4 is 0 Å². The van der Waals surface area contributed by atoms with Crippen LogP contribution in [0.25, 0.3) is 21.7 Å². The fraction of sp³-hybridized carbons (Fsp3) is 0.519. The van der Waals surface area contributed by atoms with Gasteiger partial charge in [-0.3, -0.25) is 4.98 Å². The van der Waals surface area contributed by atoms with Gasteiger partial charge in [0.2, 0.25) is 0 Å². The fourth-order valence-corrected chi connectivity index (χ4v) is 5.76. The molecule has 0 bridgehead atoms. The van der Waals surface area contributed by atoms with Crippen LogP contribution in [0.1, 0.15) is 84.0 Å². The van der Waals surface area contributed by atoms with Crippen molar-refractivity contribution in [2.75, 3.05) is 5.75 Å². The highest BCUT2D eigenvalue weighted by Gasteiger charge is 2.16. The Morgan fingerprint density at radius 1 is 0.781 bits per heavy atom. The van der Waals surface area contributed by atoms with Crippen LogP contribution in [0.5, 0.6) is 5.75 Å². The maximum atomic E-state index is 12.9. The minimum atomic E-state index is -3.36. The number of sulfone groups is 1. The first-order chi connectivity index (χ1) is 15.5. The molecule has 3 aromatic rings. The van der Waals surface area contributed by atoms with E-state index in [2.05, 4.69) is 11.9 Å². The number of pyridine rings is 1. The summed E-state index contributed by atoms with van der Waals surface area (Å²) in [4.78, 5) is 4.71. The Kier molecular flexibility index (Phi) is 9.34. The normalized spacial score (nSPS) is 12.0. The van der Waals surface area contributed by atoms with Crippen molar-refractivity contribution in [3.63, 3.8) is 0 Å². The van der Waals surface area contributed by atoms with Gasteiger partial charge in [0.25, 0.3) is 0 Å². The van der Waals surface area contributed by atoms with Crippen molar-refractivity contribution >= 4 is 31.5 Å². The molecule has 174 valence electrons. The summed E-state index contributed by atoms with van der Waals surface area (Å²) < 4.78 is 25.8. The van der Waals surface area contributed by atoms with E-state index in [1.807, 2.05) is 12.1 Å². The predicted molar refractivity (Wildman–Crippen MR) is 134 cm³/mol. The summed E-state index contributed by atoms with van der Waals surface area (Å²) in [7, 11) is -3.36. The van der Waals surface area contributed by atoms with Crippen LogP contribution in [0.3, 0.4) is 0 Å². The number of rotatable bonds is 14. The highest BCUT2D eigenvalue weighted by molar-refractivity contribution is 7.91. The molecule has 0 amide bonds. The molecule has 1 N–H and O–H groups in total. The van der Waals surface area contributed by atoms with Crippen LogP contribution in [-0.4, -0.2) is 24.3 Å². The van der Waals surface area contributed by atoms with E-state index < -0.39 is 9.84 Å². The zero-order valence-corrected chi connectivity index (χ0v) is 20.2. The fourth-order valence-electron chi connectivity index (χ4n) is 4.37. The molecule has 2 aromatic carbocycles. The van der Waals surface area contributed by atoms with E-state index in [1.165, 1.54) is 57.8 Å². The van der Waals surface area contributed by atoms with Gasteiger partial charge in [0.1, 0.15) is 5.75 Å². The maximum Gasteiger partial charge on any atom is 0.178 e. The topological polar surface area (TPSA) is 67.3 Å². The summed E-state index contributed by atoms with van der Waals surface area (Å²) in [6.07, 6.45) is 16.3. The Hall–Kier alpha value is -2.14. The molecule has 0 aliphatic rings. The third-order valence-electron chi connectivity index (χ3n) is 6.28. The minimum Gasteiger partial charge on any atom is -0.507 e. The molecule has 5 heteroatoms. The van der Waals surface area contributed by atoms with Gasteiger partial charge in [-0.25, -0.2) is 8.42 Å². The highest BCUT2D eigenvalue weighted by atomic mass is 32.2. The number of unbranched alkanes of at least 4 members (excludes halogenated alkanes) is 11. The standard InChI is InChI=1S/C27H37NO3S/c1-2-3-4-5-6-7-8-9-10-11-12-13-19-32(30,31)23-16-17-24-25(21-23)27-22(20-26(24)29)15-14-18-28-27/h14-18,20-21,29H,2-13,19H2,1H3. The first-order valence-electron chi connectivity index (χ1n) is 12.3. The minimum absolute atomic E-state index is 0.144. The van der Waals surface area contributed by atoms with Crippen molar-refractivity contribution in [3.8, 4) is 5.75 Å². The number of phenolic OH excluding ortho intramolecular Hbond substituents is 1. The van der Waals surface area contributed by atoms with Crippen LogP contribution in [0.2, 0.25) is 0 Å². The second-order valence-corrected chi connectivity index (χ2v) is 11.0. The first kappa shape index (κ1) is 24.5. The Balaban J connectivity index is 1.47. The molecule has 1 heterocycles. The van der Waals surface area contributed by atoms with E-state index in [9.17, 15) is 13.5 Å². The molecule has 0 aliphatic heterocycles. The average molecular weight is 456 g/mol. The first-order valence-corrected chi connectivity index (χ1v) is 13.9. The van der Waals surface area contributed by atoms with Crippen LogP contribution in [0.15, 0.2) is 47.5 Å². The molecule has 4 nitrogen and oxygen atoms in total. The summed E-state index contributed by atoms with van der Waals surface area (Å²) in [5, 5.41) is 12.4. The molecule has 3 rings (SSSR count). The lowest BCUT2D eigenvalue weighted by atomic mass is 10.1. The van der Waals surface area contributed by atoms with Crippen molar-refractivity contribution in [2.24, 2.45) is 0 Å². The molecule has 0 atom stereocenters. The molecule has 0 unspecified atom stereocenters. The van der Waals surface area contributed by atoms with Crippen molar-refractivity contribution < 1.29 is 13.5 Å². The van der Waals surface area contributed by atoms with Gasteiger partial charge in [0, 0.05) is 22.4 Å². The van der Waals surface area contributed by atoms with E-state index in [0.29, 0.717) is 27.6 Å². The molecule has 0 spiro atoms. The van der Waals surface area contributed by atoms with E-state index in [-0.39, 0.29) is 11.5 Å². The number of fused-ring (bicyclic) bond motifs is 3. The Bertz CT molecular complexity index is 1110. The summed E-state index contributed by atoms with van der Waals surface area (Å²) in [6, 6.07) is 10.3. The van der Waals surface area contributed by atoms with Crippen LogP contribution >= 0.6 is 0 Å². The summed E-state index contributed by atoms with van der Waals surface area (Å²) in [5.74, 6) is 0.311. The van der Waals surface area contributed by atoms with Crippen LogP contribution in [0, 0.1) is 0 Å². The lowest BCUT2D eigenvalue weighted by Crippen LogP contribution is -2.07. The Morgan fingerprint density at radius 2 is 1.41 bits per heavy atom. The van der Waals surface area contributed by atoms with E-state index in [1.54, 1.807) is 30.5 Å². The Labute approximate surface area is 193 Å². The van der Waals surface area contributed by atoms with Gasteiger partial charge in [-0.1, -0.05) is 83.6 Å². The summed E-state index contributed by atoms with van der Waals surface area (Å²) >= 11 is 0. The summed E-state index contributed by atoms with van der Waals surface area (Å²) in [5.41, 5.74) is 0.711. The predicted octanol–water partition coefficient (Wildman–Crippen LogP) is 7.57.